The topological polar surface area (TPSA) is 368 Å². The Kier molecular flexibility index (Phi) is 21.0. The molecule has 0 aliphatic carbocycles. The molecule has 0 saturated carbocycles. The maximum atomic E-state index is 12.5. The lowest BCUT2D eigenvalue weighted by Crippen LogP contribution is -2.55. The van der Waals surface area contributed by atoms with E-state index in [1.54, 1.807) is 0 Å². The first kappa shape index (κ1) is 45.4. The molecule has 0 heterocycles. The van der Waals surface area contributed by atoms with E-state index in [9.17, 15) is 93.7 Å². The van der Waals surface area contributed by atoms with E-state index < -0.39 is 174 Å². The fraction of sp³-hybridized carbons (Fsp3) is 1.00. The minimum atomic E-state index is -4.31. The van der Waals surface area contributed by atoms with Crippen molar-refractivity contribution in [3.8, 4) is 0 Å². The van der Waals surface area contributed by atoms with Gasteiger partial charge in [0.2, 0.25) is 0 Å². The van der Waals surface area contributed by atoms with Crippen LogP contribution in [0.4, 0.5) is 0 Å². The molecule has 0 aliphatic heterocycles. The lowest BCUT2D eigenvalue weighted by Gasteiger charge is -2.06. The molecule has 0 saturated heterocycles. The molecule has 0 aromatic carbocycles. The molecule has 0 bridgehead atoms. The lowest BCUT2D eigenvalue weighted by molar-refractivity contribution is 0.472. The first-order valence-electron chi connectivity index (χ1n) is 10.5. The van der Waals surface area contributed by atoms with Crippen molar-refractivity contribution in [2.75, 3.05) is 0 Å². The predicted molar refractivity (Wildman–Crippen MR) is 152 cm³/mol. The number of rotatable bonds is 22. The fourth-order valence-electron chi connectivity index (χ4n) is 2.12. The second kappa shape index (κ2) is 20.8. The van der Waals surface area contributed by atoms with Crippen molar-refractivity contribution >= 4 is 174 Å². The Labute approximate surface area is 275 Å². The Morgan fingerprint density at radius 2 is 0.578 bits per heavy atom. The van der Waals surface area contributed by atoms with Crippen LogP contribution in [0.5, 0.6) is 0 Å². The molecule has 0 spiro atoms. The summed E-state index contributed by atoms with van der Waals surface area (Å²) in [5.74, 6) is 0. The normalized spacial score (nSPS) is 10.3. The first-order chi connectivity index (χ1) is 20.6. The van der Waals surface area contributed by atoms with Crippen LogP contribution in [0.15, 0.2) is 0 Å². The van der Waals surface area contributed by atoms with Gasteiger partial charge in [0.05, 0.1) is 0 Å². The summed E-state index contributed by atoms with van der Waals surface area (Å²) in [5.41, 5.74) is 0. The van der Waals surface area contributed by atoms with E-state index in [1.165, 1.54) is 0 Å². The van der Waals surface area contributed by atoms with Crippen molar-refractivity contribution in [3.63, 3.8) is 0 Å². The average molecular weight is 988 g/mol. The molecule has 1 unspecified atom stereocenters. The second-order valence-electron chi connectivity index (χ2n) is 7.31. The van der Waals surface area contributed by atoms with Gasteiger partial charge < -0.3 is 97.8 Å². The fourth-order valence-corrected chi connectivity index (χ4v) is 209. The van der Waals surface area contributed by atoms with Crippen LogP contribution in [0, 0.1) is 0 Å². The largest absolute Gasteiger partial charge is 0.577 e. The van der Waals surface area contributed by atoms with Crippen LogP contribution in [0.1, 0.15) is 0 Å². The summed E-state index contributed by atoms with van der Waals surface area (Å²) < 4.78 is 256. The van der Waals surface area contributed by atoms with Crippen LogP contribution in [0.3, 0.4) is 0 Å². The maximum Gasteiger partial charge on any atom is 0.532 e. The van der Waals surface area contributed by atoms with Crippen molar-refractivity contribution in [2.24, 2.45) is 0 Å². The van der Waals surface area contributed by atoms with Gasteiger partial charge in [0.15, 0.2) is 0 Å². The van der Waals surface area contributed by atoms with Crippen LogP contribution in [0.25, 0.3) is 0 Å². The van der Waals surface area contributed by atoms with Gasteiger partial charge >= 0.3 is 165 Å². The molecule has 230 valence electrons. The lowest BCUT2D eigenvalue weighted by atomic mass is 11.9. The summed E-state index contributed by atoms with van der Waals surface area (Å²) in [6, 6.07) is 0. The monoisotopic (exact) mass is 985 g/mol. The van der Waals surface area contributed by atoms with E-state index >= 15 is 0 Å². The van der Waals surface area contributed by atoms with Crippen LogP contribution in [-0.4, -0.2) is 174 Å². The van der Waals surface area contributed by atoms with E-state index in [0.717, 1.165) is 6.55 Å². The molecule has 0 radical (unpaired) electrons. The maximum absolute atomic E-state index is 12.5. The van der Waals surface area contributed by atoms with Gasteiger partial charge in [0.1, 0.15) is 0 Å². The van der Waals surface area contributed by atoms with E-state index in [4.69, 9.17) is 4.12 Å². The summed E-state index contributed by atoms with van der Waals surface area (Å²) in [6.07, 6.45) is 0. The highest BCUT2D eigenvalue weighted by Gasteiger charge is 2.54. The Morgan fingerprint density at radius 3 is 0.844 bits per heavy atom. The summed E-state index contributed by atoms with van der Waals surface area (Å²) >= 11 is 0. The zero-order valence-corrected chi connectivity index (χ0v) is 43.7. The highest BCUT2D eigenvalue weighted by molar-refractivity contribution is 7.79. The highest BCUT2D eigenvalue weighted by atomic mass is 30.1. The third-order valence-corrected chi connectivity index (χ3v) is 153. The van der Waals surface area contributed by atoms with Crippen molar-refractivity contribution in [2.45, 2.75) is 6.55 Å². The van der Waals surface area contributed by atoms with Crippen LogP contribution >= 0.6 is 0 Å². The van der Waals surface area contributed by atoms with Gasteiger partial charge in [-0.1, -0.05) is 0 Å². The SMILES string of the molecule is C[SiH](O[Si](=O)[Si](=O)[Si](=O)[Si](=O)[Si](=O)[Si](=O)[Si](=O)[Si](=O)[Si](=O)[Si](=O)[Si](=O)[Si](=O)[SiH]=O)[Si](=O)[Si](=O)[Si](=O)[Si](=O)[Si](=O)[Si](=O)[Si](=O)[SiH]=O. The van der Waals surface area contributed by atoms with E-state index in [0.29, 0.717) is 0 Å². The minimum Gasteiger partial charge on any atom is -0.577 e. The molecule has 45 heavy (non-hydrogen) atoms. The quantitative estimate of drug-likeness (QED) is 0.0909. The average Bonchev–Trinajstić information content (AvgIpc) is 3.04. The molecule has 0 rings (SSSR count). The van der Waals surface area contributed by atoms with Crippen LogP contribution in [0.2, 0.25) is 6.55 Å². The third kappa shape index (κ3) is 12.3. The highest BCUT2D eigenvalue weighted by Crippen LogP contribution is 1.92. The Bertz CT molecular complexity index is 1700. The van der Waals surface area contributed by atoms with Crippen molar-refractivity contribution in [1.82, 2.24) is 0 Å². The Morgan fingerprint density at radius 1 is 0.356 bits per heavy atom. The van der Waals surface area contributed by atoms with Gasteiger partial charge in [0, 0.05) is 0 Å². The first-order valence-corrected chi connectivity index (χ1v) is 62.1. The van der Waals surface area contributed by atoms with E-state index in [-0.39, 0.29) is 0 Å². The van der Waals surface area contributed by atoms with Gasteiger partial charge in [-0.2, -0.15) is 0 Å². The van der Waals surface area contributed by atoms with Crippen molar-refractivity contribution in [3.05, 3.63) is 0 Å². The Hall–Kier alpha value is 0.371. The molecule has 0 N–H and O–H groups in total. The number of hydrogen-bond acceptors (Lipinski definition) is 22. The van der Waals surface area contributed by atoms with Gasteiger partial charge in [-0.05, 0) is 6.55 Å². The summed E-state index contributed by atoms with van der Waals surface area (Å²) in [7, 11) is -83.7. The molecular formula is CH6O22Si22. The summed E-state index contributed by atoms with van der Waals surface area (Å²) in [6.45, 7) is 0.892. The smallest absolute Gasteiger partial charge is 0.532 e. The van der Waals surface area contributed by atoms with Crippen molar-refractivity contribution < 1.29 is 97.8 Å². The van der Waals surface area contributed by atoms with E-state index in [1.807, 2.05) is 0 Å². The molecule has 1 atom stereocenters. The van der Waals surface area contributed by atoms with Crippen LogP contribution < -0.4 is 0 Å². The molecule has 0 amide bonds. The van der Waals surface area contributed by atoms with Gasteiger partial charge in [-0.25, -0.2) is 0 Å². The molecule has 0 fully saturated rings. The third-order valence-electron chi connectivity index (χ3n) is 4.40. The molecule has 0 aromatic rings. The predicted octanol–water partition coefficient (Wildman–Crippen LogP) is -11.2. The van der Waals surface area contributed by atoms with Crippen LogP contribution in [-0.2, 0) is 97.8 Å². The second-order valence-corrected chi connectivity index (χ2v) is 105. The molecule has 0 aliphatic rings. The molecule has 44 heteroatoms. The minimum absolute atomic E-state index is 0.892. The van der Waals surface area contributed by atoms with E-state index in [2.05, 4.69) is 0 Å². The zero-order valence-electron chi connectivity index (χ0n) is 21.2. The summed E-state index contributed by atoms with van der Waals surface area (Å²) in [5, 5.41) is 0. The van der Waals surface area contributed by atoms with Crippen molar-refractivity contribution in [1.29, 1.82) is 0 Å². The molecular weight excluding hydrogens is 982 g/mol. The van der Waals surface area contributed by atoms with Gasteiger partial charge in [-0.15, -0.1) is 0 Å². The zero-order chi connectivity index (χ0) is 35.7. The van der Waals surface area contributed by atoms with Gasteiger partial charge in [-0.3, -0.25) is 0 Å². The summed E-state index contributed by atoms with van der Waals surface area (Å²) in [4.78, 5) is 0. The standard InChI is InChI=1S/CH6O22Si22/c1-26(30(7)34(11)38(15)40(17)36(13)32(9)28(5)24-2)23-27(4)31(8)35(12)39(16)42(19)44(21)45(22)43(20)41(18)37(14)33(10)29(6)25-3/h24-26H,1H3. The molecule has 0 aromatic heterocycles. The number of hydrogen-bond donors (Lipinski definition) is 0. The Balaban J connectivity index is 5.56. The molecule has 22 nitrogen and oxygen atoms in total. The van der Waals surface area contributed by atoms with Gasteiger partial charge in [0.25, 0.3) is 8.56 Å².